The number of amides is 1. The van der Waals surface area contributed by atoms with E-state index in [1.165, 1.54) is 5.56 Å². The van der Waals surface area contributed by atoms with E-state index in [-0.39, 0.29) is 0 Å². The van der Waals surface area contributed by atoms with Crippen LogP contribution in [0.4, 0.5) is 4.79 Å². The molecule has 24 heavy (non-hydrogen) atoms. The molecule has 0 saturated carbocycles. The number of aliphatic hydroxyl groups excluding tert-OH is 1. The Labute approximate surface area is 142 Å². The third-order valence-corrected chi connectivity index (χ3v) is 3.58. The van der Waals surface area contributed by atoms with Gasteiger partial charge in [-0.25, -0.2) is 4.79 Å². The first-order valence-corrected chi connectivity index (χ1v) is 7.96. The lowest BCUT2D eigenvalue weighted by Gasteiger charge is -2.12. The number of ether oxygens (including phenoxy) is 1. The molecule has 0 saturated heterocycles. The van der Waals surface area contributed by atoms with Crippen LogP contribution in [0.15, 0.2) is 54.6 Å². The molecule has 2 aromatic carbocycles. The first kappa shape index (κ1) is 18.0. The van der Waals surface area contributed by atoms with E-state index in [0.29, 0.717) is 25.3 Å². The van der Waals surface area contributed by atoms with Crippen LogP contribution in [0, 0.1) is 6.42 Å². The number of primary amides is 1. The average molecular weight is 327 g/mol. The Balaban J connectivity index is 1.68. The number of benzene rings is 2. The van der Waals surface area contributed by atoms with Crippen LogP contribution in [-0.4, -0.2) is 30.4 Å². The maximum Gasteiger partial charge on any atom is 0.409 e. The van der Waals surface area contributed by atoms with Gasteiger partial charge in [0.2, 0.25) is 0 Å². The predicted molar refractivity (Wildman–Crippen MR) is 93.7 cm³/mol. The maximum atomic E-state index is 10.9. The fourth-order valence-corrected chi connectivity index (χ4v) is 2.36. The molecule has 5 nitrogen and oxygen atoms in total. The first-order chi connectivity index (χ1) is 11.6. The van der Waals surface area contributed by atoms with Gasteiger partial charge in [0.1, 0.15) is 5.75 Å². The Morgan fingerprint density at radius 2 is 1.88 bits per heavy atom. The van der Waals surface area contributed by atoms with Crippen LogP contribution >= 0.6 is 0 Å². The van der Waals surface area contributed by atoms with Crippen molar-refractivity contribution in [2.75, 3.05) is 13.1 Å². The average Bonchev–Trinajstić information content (AvgIpc) is 2.58. The molecule has 0 aliphatic carbocycles. The second-order valence-corrected chi connectivity index (χ2v) is 5.48. The molecule has 127 valence electrons. The molecular weight excluding hydrogens is 304 g/mol. The molecule has 0 bridgehead atoms. The molecule has 1 atom stereocenters. The zero-order valence-corrected chi connectivity index (χ0v) is 13.5. The second kappa shape index (κ2) is 9.70. The van der Waals surface area contributed by atoms with Gasteiger partial charge in [-0.05, 0) is 43.0 Å². The topological polar surface area (TPSA) is 84.6 Å². The molecule has 0 aromatic heterocycles. The smallest absolute Gasteiger partial charge is 0.409 e. The Kier molecular flexibility index (Phi) is 7.26. The van der Waals surface area contributed by atoms with E-state index in [1.54, 1.807) is 12.1 Å². The summed E-state index contributed by atoms with van der Waals surface area (Å²) in [5.41, 5.74) is 7.13. The van der Waals surface area contributed by atoms with E-state index >= 15 is 0 Å². The lowest BCUT2D eigenvalue weighted by molar-refractivity contribution is 0.201. The van der Waals surface area contributed by atoms with Gasteiger partial charge in [-0.2, -0.15) is 0 Å². The summed E-state index contributed by atoms with van der Waals surface area (Å²) in [5, 5.41) is 13.2. The van der Waals surface area contributed by atoms with Gasteiger partial charge in [0, 0.05) is 6.54 Å². The Morgan fingerprint density at radius 3 is 2.62 bits per heavy atom. The molecule has 1 amide bonds. The van der Waals surface area contributed by atoms with Gasteiger partial charge in [-0.3, -0.25) is 0 Å². The molecule has 0 heterocycles. The highest BCUT2D eigenvalue weighted by molar-refractivity contribution is 5.68. The summed E-state index contributed by atoms with van der Waals surface area (Å²) < 4.78 is 4.97. The number of para-hydroxylation sites is 1. The molecular formula is C19H23N2O3. The standard InChI is InChI=1S/C19H23N2O3/c20-19(23)24-18-9-5-4-8-16(18)12-13-21-14-17(22)11-10-15-6-2-1-3-7-15/h1-9,11,17,21-22H,10,12-14H2,(H2,20,23)/t17-/m1/s1. The SMILES string of the molecule is NC(=O)Oc1ccccc1CCNC[C@H](O)[CH]Cc1ccccc1. The molecule has 4 N–H and O–H groups in total. The van der Waals surface area contributed by atoms with Crippen molar-refractivity contribution in [1.82, 2.24) is 5.32 Å². The van der Waals surface area contributed by atoms with Crippen LogP contribution in [0.3, 0.4) is 0 Å². The molecule has 0 aliphatic rings. The van der Waals surface area contributed by atoms with Crippen LogP contribution in [0.25, 0.3) is 0 Å². The molecule has 0 fully saturated rings. The molecule has 0 unspecified atom stereocenters. The van der Waals surface area contributed by atoms with Gasteiger partial charge in [-0.1, -0.05) is 48.5 Å². The number of rotatable bonds is 9. The summed E-state index contributed by atoms with van der Waals surface area (Å²) >= 11 is 0. The zero-order chi connectivity index (χ0) is 17.2. The second-order valence-electron chi connectivity index (χ2n) is 5.48. The van der Waals surface area contributed by atoms with Crippen LogP contribution < -0.4 is 15.8 Å². The van der Waals surface area contributed by atoms with Crippen molar-refractivity contribution in [3.63, 3.8) is 0 Å². The molecule has 2 rings (SSSR count). The van der Waals surface area contributed by atoms with Gasteiger partial charge in [0.15, 0.2) is 0 Å². The van der Waals surface area contributed by atoms with Crippen LogP contribution in [0.5, 0.6) is 5.75 Å². The van der Waals surface area contributed by atoms with Gasteiger partial charge in [0.25, 0.3) is 0 Å². The lowest BCUT2D eigenvalue weighted by atomic mass is 10.1. The van der Waals surface area contributed by atoms with E-state index in [0.717, 1.165) is 12.0 Å². The summed E-state index contributed by atoms with van der Waals surface area (Å²) in [6.45, 7) is 1.14. The molecule has 0 spiro atoms. The quantitative estimate of drug-likeness (QED) is 0.616. The molecule has 1 radical (unpaired) electrons. The molecule has 5 heteroatoms. The maximum absolute atomic E-state index is 10.9. The third kappa shape index (κ3) is 6.40. The highest BCUT2D eigenvalue weighted by Gasteiger charge is 2.07. The summed E-state index contributed by atoms with van der Waals surface area (Å²) in [6.07, 6.45) is 1.96. The Bertz CT molecular complexity index is 632. The Hall–Kier alpha value is -2.37. The fourth-order valence-electron chi connectivity index (χ4n) is 2.36. The number of hydrogen-bond donors (Lipinski definition) is 3. The summed E-state index contributed by atoms with van der Waals surface area (Å²) in [5.74, 6) is 0.475. The Morgan fingerprint density at radius 1 is 1.17 bits per heavy atom. The fraction of sp³-hybridized carbons (Fsp3) is 0.263. The number of hydrogen-bond acceptors (Lipinski definition) is 4. The van der Waals surface area contributed by atoms with Crippen molar-refractivity contribution in [3.05, 3.63) is 72.1 Å². The lowest BCUT2D eigenvalue weighted by Crippen LogP contribution is -2.29. The highest BCUT2D eigenvalue weighted by Crippen LogP contribution is 2.18. The summed E-state index contributed by atoms with van der Waals surface area (Å²) in [7, 11) is 0. The minimum absolute atomic E-state index is 0.475. The van der Waals surface area contributed by atoms with E-state index in [2.05, 4.69) is 5.32 Å². The van der Waals surface area contributed by atoms with E-state index < -0.39 is 12.2 Å². The van der Waals surface area contributed by atoms with E-state index in [9.17, 15) is 9.90 Å². The van der Waals surface area contributed by atoms with E-state index in [1.807, 2.05) is 48.9 Å². The summed E-state index contributed by atoms with van der Waals surface area (Å²) in [6, 6.07) is 17.3. The van der Waals surface area contributed by atoms with Gasteiger partial charge in [-0.15, -0.1) is 0 Å². The predicted octanol–water partition coefficient (Wildman–Crippen LogP) is 2.08. The van der Waals surface area contributed by atoms with Crippen molar-refractivity contribution in [3.8, 4) is 5.75 Å². The van der Waals surface area contributed by atoms with Crippen molar-refractivity contribution in [2.45, 2.75) is 18.9 Å². The van der Waals surface area contributed by atoms with Crippen molar-refractivity contribution < 1.29 is 14.6 Å². The number of carbonyl (C=O) groups excluding carboxylic acids is 1. The first-order valence-electron chi connectivity index (χ1n) is 7.96. The number of nitrogens with one attached hydrogen (secondary N) is 1. The van der Waals surface area contributed by atoms with E-state index in [4.69, 9.17) is 10.5 Å². The third-order valence-electron chi connectivity index (χ3n) is 3.58. The van der Waals surface area contributed by atoms with Crippen molar-refractivity contribution in [2.24, 2.45) is 5.73 Å². The number of nitrogens with two attached hydrogens (primary N) is 1. The number of aliphatic hydroxyl groups is 1. The van der Waals surface area contributed by atoms with Crippen LogP contribution in [-0.2, 0) is 12.8 Å². The monoisotopic (exact) mass is 327 g/mol. The van der Waals surface area contributed by atoms with Gasteiger partial charge in [0.05, 0.1) is 6.10 Å². The minimum Gasteiger partial charge on any atom is -0.410 e. The minimum atomic E-state index is -0.818. The van der Waals surface area contributed by atoms with Gasteiger partial charge < -0.3 is 20.9 Å². The normalized spacial score (nSPS) is 11.9. The van der Waals surface area contributed by atoms with Crippen molar-refractivity contribution >= 4 is 6.09 Å². The molecule has 2 aromatic rings. The van der Waals surface area contributed by atoms with Crippen LogP contribution in [0.2, 0.25) is 0 Å². The molecule has 0 aliphatic heterocycles. The largest absolute Gasteiger partial charge is 0.410 e. The number of carbonyl (C=O) groups is 1. The zero-order valence-electron chi connectivity index (χ0n) is 13.5. The van der Waals surface area contributed by atoms with Crippen LogP contribution in [0.1, 0.15) is 11.1 Å². The van der Waals surface area contributed by atoms with Crippen molar-refractivity contribution in [1.29, 1.82) is 0 Å². The summed E-state index contributed by atoms with van der Waals surface area (Å²) in [4.78, 5) is 10.9. The highest BCUT2D eigenvalue weighted by atomic mass is 16.5. The van der Waals surface area contributed by atoms with Gasteiger partial charge >= 0.3 is 6.09 Å².